The van der Waals surface area contributed by atoms with Gasteiger partial charge in [0.15, 0.2) is 0 Å². The molecule has 3 fully saturated rings. The molecule has 0 amide bonds. The molecule has 3 rings (SSSR count). The van der Waals surface area contributed by atoms with Gasteiger partial charge in [-0.15, -0.1) is 0 Å². The van der Waals surface area contributed by atoms with Gasteiger partial charge in [-0.25, -0.2) is 9.59 Å². The van der Waals surface area contributed by atoms with Crippen molar-refractivity contribution in [2.24, 2.45) is 17.3 Å². The normalized spacial score (nSPS) is 42.4. The second kappa shape index (κ2) is 6.53. The molecule has 0 radical (unpaired) electrons. The van der Waals surface area contributed by atoms with Crippen LogP contribution in [0.1, 0.15) is 41.0 Å². The van der Waals surface area contributed by atoms with Gasteiger partial charge in [0.05, 0.1) is 5.25 Å². The summed E-state index contributed by atoms with van der Waals surface area (Å²) >= 11 is 0. The van der Waals surface area contributed by atoms with Crippen molar-refractivity contribution in [3.05, 3.63) is 12.2 Å². The molecule has 6 unspecified atom stereocenters. The van der Waals surface area contributed by atoms with Crippen molar-refractivity contribution in [1.82, 2.24) is 0 Å². The Morgan fingerprint density at radius 3 is 2.39 bits per heavy atom. The minimum Gasteiger partial charge on any atom is -0.460 e. The van der Waals surface area contributed by atoms with Crippen LogP contribution in [0.15, 0.2) is 12.2 Å². The second-order valence-corrected chi connectivity index (χ2v) is 10.4. The zero-order valence-electron chi connectivity index (χ0n) is 16.9. The Labute approximate surface area is 165 Å². The molecule has 2 bridgehead atoms. The Morgan fingerprint density at radius 2 is 1.79 bits per heavy atom. The summed E-state index contributed by atoms with van der Waals surface area (Å²) in [5, 5.41) is -0.524. The van der Waals surface area contributed by atoms with Gasteiger partial charge in [-0.1, -0.05) is 20.4 Å². The van der Waals surface area contributed by atoms with Crippen LogP contribution in [0.4, 0.5) is 0 Å². The minimum absolute atomic E-state index is 0.0716. The Balaban J connectivity index is 1.62. The molecule has 3 aliphatic rings. The van der Waals surface area contributed by atoms with Gasteiger partial charge >= 0.3 is 11.9 Å². The maximum absolute atomic E-state index is 12.5. The fourth-order valence-corrected chi connectivity index (χ4v) is 7.76. The molecule has 2 saturated carbocycles. The quantitative estimate of drug-likeness (QED) is 0.267. The first kappa shape index (κ1) is 21.3. The molecule has 158 valence electrons. The Morgan fingerprint density at radius 1 is 1.18 bits per heavy atom. The molecule has 9 heteroatoms. The van der Waals surface area contributed by atoms with Gasteiger partial charge < -0.3 is 14.2 Å². The van der Waals surface area contributed by atoms with E-state index in [1.165, 1.54) is 6.92 Å². The number of hydrogen-bond acceptors (Lipinski definition) is 8. The van der Waals surface area contributed by atoms with Crippen molar-refractivity contribution in [1.29, 1.82) is 0 Å². The van der Waals surface area contributed by atoms with E-state index < -0.39 is 43.9 Å². The van der Waals surface area contributed by atoms with Crippen LogP contribution in [0.2, 0.25) is 0 Å². The monoisotopic (exact) mass is 416 g/mol. The fraction of sp³-hybridized carbons (Fsp3) is 0.789. The SMILES string of the molecule is C=C(C)C(=O)OCCOC(=O)COC1(C)C2(C)CC3C(C2C)C1(C)OS3(=O)=O. The molecule has 0 aromatic rings. The van der Waals surface area contributed by atoms with Crippen molar-refractivity contribution < 1.29 is 36.4 Å². The molecule has 8 nitrogen and oxygen atoms in total. The molecule has 2 aliphatic carbocycles. The summed E-state index contributed by atoms with van der Waals surface area (Å²) < 4.78 is 46.4. The fourth-order valence-electron chi connectivity index (χ4n) is 5.48. The Bertz CT molecular complexity index is 820. The van der Waals surface area contributed by atoms with E-state index in [2.05, 4.69) is 6.58 Å². The highest BCUT2D eigenvalue weighted by molar-refractivity contribution is 7.87. The van der Waals surface area contributed by atoms with Crippen LogP contribution in [0.25, 0.3) is 0 Å². The van der Waals surface area contributed by atoms with Crippen LogP contribution in [-0.4, -0.2) is 56.6 Å². The molecule has 1 aliphatic heterocycles. The molecule has 0 aromatic heterocycles. The molecule has 1 heterocycles. The summed E-state index contributed by atoms with van der Waals surface area (Å²) in [6, 6.07) is 0. The summed E-state index contributed by atoms with van der Waals surface area (Å²) in [5.41, 5.74) is -2.17. The van der Waals surface area contributed by atoms with E-state index in [0.29, 0.717) is 6.42 Å². The standard InChI is InChI=1S/C19H28O8S/c1-11(2)16(21)25-8-7-24-14(20)10-26-19(6)17(4)9-13-15(12(17)3)18(19,5)27-28(13,22)23/h12-13,15H,1,7-10H2,2-6H3. The van der Waals surface area contributed by atoms with Gasteiger partial charge in [0.2, 0.25) is 0 Å². The van der Waals surface area contributed by atoms with Crippen molar-refractivity contribution in [2.75, 3.05) is 19.8 Å². The van der Waals surface area contributed by atoms with Gasteiger partial charge in [-0.05, 0) is 33.1 Å². The van der Waals surface area contributed by atoms with Crippen molar-refractivity contribution >= 4 is 22.1 Å². The third kappa shape index (κ3) is 2.74. The first-order valence-corrected chi connectivity index (χ1v) is 10.8. The van der Waals surface area contributed by atoms with E-state index in [1.54, 1.807) is 6.92 Å². The van der Waals surface area contributed by atoms with Crippen LogP contribution >= 0.6 is 0 Å². The maximum atomic E-state index is 12.5. The number of rotatable bonds is 7. The lowest BCUT2D eigenvalue weighted by Gasteiger charge is -2.48. The molecule has 1 saturated heterocycles. The molecular weight excluding hydrogens is 388 g/mol. The lowest BCUT2D eigenvalue weighted by molar-refractivity contribution is -0.202. The van der Waals surface area contributed by atoms with E-state index in [9.17, 15) is 18.0 Å². The average molecular weight is 416 g/mol. The average Bonchev–Trinajstić information content (AvgIpc) is 3.02. The van der Waals surface area contributed by atoms with Gasteiger partial charge in [-0.3, -0.25) is 4.18 Å². The largest absolute Gasteiger partial charge is 0.460 e. The zero-order chi connectivity index (χ0) is 21.1. The number of esters is 2. The summed E-state index contributed by atoms with van der Waals surface area (Å²) in [5.74, 6) is -1.27. The number of fused-ring (bicyclic) bond motifs is 1. The van der Waals surface area contributed by atoms with Crippen molar-refractivity contribution in [3.63, 3.8) is 0 Å². The zero-order valence-corrected chi connectivity index (χ0v) is 17.8. The van der Waals surface area contributed by atoms with Crippen LogP contribution < -0.4 is 0 Å². The first-order valence-electron chi connectivity index (χ1n) is 9.37. The lowest BCUT2D eigenvalue weighted by Crippen LogP contribution is -2.60. The van der Waals surface area contributed by atoms with Gasteiger partial charge in [0.25, 0.3) is 10.1 Å². The number of ether oxygens (including phenoxy) is 3. The van der Waals surface area contributed by atoms with Crippen LogP contribution in [0, 0.1) is 17.3 Å². The van der Waals surface area contributed by atoms with Crippen molar-refractivity contribution in [3.8, 4) is 0 Å². The van der Waals surface area contributed by atoms with Crippen LogP contribution in [-0.2, 0) is 38.1 Å². The summed E-state index contributed by atoms with van der Waals surface area (Å²) in [7, 11) is -3.66. The Kier molecular flexibility index (Phi) is 4.96. The summed E-state index contributed by atoms with van der Waals surface area (Å²) in [6.07, 6.45) is 0.444. The number of hydrogen-bond donors (Lipinski definition) is 0. The highest BCUT2D eigenvalue weighted by Gasteiger charge is 2.83. The maximum Gasteiger partial charge on any atom is 0.333 e. The van der Waals surface area contributed by atoms with Gasteiger partial charge in [0.1, 0.15) is 31.0 Å². The van der Waals surface area contributed by atoms with E-state index in [4.69, 9.17) is 18.4 Å². The van der Waals surface area contributed by atoms with Crippen LogP contribution in [0.5, 0.6) is 0 Å². The van der Waals surface area contributed by atoms with E-state index >= 15 is 0 Å². The van der Waals surface area contributed by atoms with E-state index in [0.717, 1.165) is 0 Å². The summed E-state index contributed by atoms with van der Waals surface area (Å²) in [4.78, 5) is 23.4. The van der Waals surface area contributed by atoms with Gasteiger partial charge in [0, 0.05) is 16.9 Å². The number of carbonyl (C=O) groups is 2. The highest BCUT2D eigenvalue weighted by atomic mass is 32.2. The van der Waals surface area contributed by atoms with Gasteiger partial charge in [-0.2, -0.15) is 8.42 Å². The highest BCUT2D eigenvalue weighted by Crippen LogP contribution is 2.74. The predicted octanol–water partition coefficient (Wildman–Crippen LogP) is 1.59. The van der Waals surface area contributed by atoms with E-state index in [-0.39, 0.29) is 37.2 Å². The first-order chi connectivity index (χ1) is 12.8. The molecule has 28 heavy (non-hydrogen) atoms. The smallest absolute Gasteiger partial charge is 0.333 e. The summed E-state index contributed by atoms with van der Waals surface area (Å²) in [6.45, 7) is 12.1. The third-order valence-corrected chi connectivity index (χ3v) is 9.09. The molecular formula is C19H28O8S. The van der Waals surface area contributed by atoms with Crippen LogP contribution in [0.3, 0.4) is 0 Å². The molecule has 6 atom stereocenters. The van der Waals surface area contributed by atoms with Crippen molar-refractivity contribution in [2.45, 2.75) is 57.5 Å². The minimum atomic E-state index is -3.66. The lowest BCUT2D eigenvalue weighted by atomic mass is 9.66. The Hall–Kier alpha value is -1.45. The molecule has 0 N–H and O–H groups in total. The number of carbonyl (C=O) groups excluding carboxylic acids is 2. The predicted molar refractivity (Wildman–Crippen MR) is 98.7 cm³/mol. The topological polar surface area (TPSA) is 105 Å². The molecule has 0 spiro atoms. The van der Waals surface area contributed by atoms with E-state index in [1.807, 2.05) is 20.8 Å². The second-order valence-electron chi connectivity index (χ2n) is 8.62. The molecule has 0 aromatic carbocycles. The third-order valence-electron chi connectivity index (χ3n) is 7.31.